The second-order valence-electron chi connectivity index (χ2n) is 7.18. The molecule has 0 radical (unpaired) electrons. The maximum absolute atomic E-state index is 13.7. The molecule has 0 saturated carbocycles. The van der Waals surface area contributed by atoms with Gasteiger partial charge in [0.25, 0.3) is 0 Å². The highest BCUT2D eigenvalue weighted by atomic mass is 19.1. The van der Waals surface area contributed by atoms with E-state index < -0.39 is 0 Å². The number of hydrogen-bond acceptors (Lipinski definition) is 5. The first-order chi connectivity index (χ1) is 15.1. The summed E-state index contributed by atoms with van der Waals surface area (Å²) in [5.41, 5.74) is 4.69. The van der Waals surface area contributed by atoms with Crippen molar-refractivity contribution in [3.05, 3.63) is 89.8 Å². The van der Waals surface area contributed by atoms with Gasteiger partial charge >= 0.3 is 0 Å². The predicted molar refractivity (Wildman–Crippen MR) is 114 cm³/mol. The quantitative estimate of drug-likeness (QED) is 0.480. The van der Waals surface area contributed by atoms with Crippen LogP contribution in [-0.2, 0) is 17.8 Å². The molecule has 4 aromatic rings. The zero-order valence-corrected chi connectivity index (χ0v) is 17.0. The van der Waals surface area contributed by atoms with E-state index in [0.29, 0.717) is 24.3 Å². The highest BCUT2D eigenvalue weighted by Gasteiger charge is 2.13. The fourth-order valence-electron chi connectivity index (χ4n) is 3.25. The predicted octanol–water partition coefficient (Wildman–Crippen LogP) is 4.50. The molecule has 0 spiro atoms. The molecule has 0 aliphatic rings. The molecule has 0 bridgehead atoms. The molecular weight excluding hydrogens is 395 g/mol. The molecular formula is C24H21FN4O2. The molecule has 156 valence electrons. The summed E-state index contributed by atoms with van der Waals surface area (Å²) in [6.45, 7) is 2.25. The monoisotopic (exact) mass is 416 g/mol. The van der Waals surface area contributed by atoms with Crippen LogP contribution in [0.3, 0.4) is 0 Å². The van der Waals surface area contributed by atoms with Crippen LogP contribution >= 0.6 is 0 Å². The minimum absolute atomic E-state index is 0.119. The summed E-state index contributed by atoms with van der Waals surface area (Å²) in [4.78, 5) is 20.6. The molecule has 31 heavy (non-hydrogen) atoms. The second kappa shape index (κ2) is 9.30. The molecule has 2 heterocycles. The highest BCUT2D eigenvalue weighted by Crippen LogP contribution is 2.30. The lowest BCUT2D eigenvalue weighted by Gasteiger charge is -2.08. The number of aromatic nitrogens is 3. The van der Waals surface area contributed by atoms with E-state index in [2.05, 4.69) is 20.4 Å². The van der Waals surface area contributed by atoms with Gasteiger partial charge < -0.3 is 9.84 Å². The van der Waals surface area contributed by atoms with Gasteiger partial charge in [0.15, 0.2) is 5.76 Å². The van der Waals surface area contributed by atoms with Gasteiger partial charge in [-0.3, -0.25) is 4.79 Å². The van der Waals surface area contributed by atoms with Gasteiger partial charge in [-0.2, -0.15) is 0 Å². The Morgan fingerprint density at radius 1 is 1.13 bits per heavy atom. The number of aryl methyl sites for hydroxylation is 2. The first-order valence-corrected chi connectivity index (χ1v) is 9.93. The van der Waals surface area contributed by atoms with Crippen molar-refractivity contribution >= 4 is 5.91 Å². The third-order valence-corrected chi connectivity index (χ3v) is 4.90. The molecule has 0 saturated heterocycles. The minimum atomic E-state index is -0.282. The third kappa shape index (κ3) is 5.01. The fourth-order valence-corrected chi connectivity index (χ4v) is 3.25. The first-order valence-electron chi connectivity index (χ1n) is 9.93. The summed E-state index contributed by atoms with van der Waals surface area (Å²) in [5.74, 6) is 0.209. The zero-order chi connectivity index (χ0) is 21.6. The van der Waals surface area contributed by atoms with E-state index in [1.165, 1.54) is 12.4 Å². The van der Waals surface area contributed by atoms with E-state index in [0.717, 1.165) is 28.1 Å². The standard InChI is InChI=1S/C24H21FN4O2/c1-16-12-22(31-29-16)20-14-26-15-28-24(20)19-8-6-17(7-9-19)13-27-23(30)11-10-18-4-2-3-5-21(18)25/h2-9,12,14-15H,10-11,13H2,1H3,(H,27,30). The van der Waals surface area contributed by atoms with Gasteiger partial charge in [0.1, 0.15) is 12.1 Å². The zero-order valence-electron chi connectivity index (χ0n) is 17.0. The Balaban J connectivity index is 1.38. The van der Waals surface area contributed by atoms with Crippen molar-refractivity contribution in [2.24, 2.45) is 0 Å². The Labute approximate surface area is 179 Å². The topological polar surface area (TPSA) is 80.9 Å². The first kappa shape index (κ1) is 20.4. The van der Waals surface area contributed by atoms with Crippen LogP contribution < -0.4 is 5.32 Å². The van der Waals surface area contributed by atoms with E-state index in [1.54, 1.807) is 24.4 Å². The maximum atomic E-state index is 13.7. The normalized spacial score (nSPS) is 10.8. The van der Waals surface area contributed by atoms with Crippen LogP contribution in [0.15, 0.2) is 71.6 Å². The van der Waals surface area contributed by atoms with Gasteiger partial charge in [-0.1, -0.05) is 47.6 Å². The molecule has 2 aromatic carbocycles. The summed E-state index contributed by atoms with van der Waals surface area (Å²) < 4.78 is 19.0. The molecule has 7 heteroatoms. The molecule has 0 aliphatic carbocycles. The van der Waals surface area contributed by atoms with Gasteiger partial charge in [0, 0.05) is 30.8 Å². The van der Waals surface area contributed by atoms with E-state index in [4.69, 9.17) is 4.52 Å². The minimum Gasteiger partial charge on any atom is -0.356 e. The second-order valence-corrected chi connectivity index (χ2v) is 7.18. The van der Waals surface area contributed by atoms with Crippen LogP contribution in [0.1, 0.15) is 23.2 Å². The van der Waals surface area contributed by atoms with E-state index in [-0.39, 0.29) is 18.1 Å². The Morgan fingerprint density at radius 3 is 2.68 bits per heavy atom. The van der Waals surface area contributed by atoms with Crippen molar-refractivity contribution in [1.82, 2.24) is 20.4 Å². The number of amides is 1. The number of nitrogens with zero attached hydrogens (tertiary/aromatic N) is 3. The summed E-state index contributed by atoms with van der Waals surface area (Å²) >= 11 is 0. The van der Waals surface area contributed by atoms with Crippen molar-refractivity contribution in [1.29, 1.82) is 0 Å². The molecule has 1 amide bonds. The van der Waals surface area contributed by atoms with Gasteiger partial charge in [-0.25, -0.2) is 14.4 Å². The molecule has 6 nitrogen and oxygen atoms in total. The Hall–Kier alpha value is -3.87. The molecule has 2 aromatic heterocycles. The molecule has 0 fully saturated rings. The van der Waals surface area contributed by atoms with Crippen molar-refractivity contribution in [2.75, 3.05) is 0 Å². The SMILES string of the molecule is Cc1cc(-c2cncnc2-c2ccc(CNC(=O)CCc3ccccc3F)cc2)on1. The highest BCUT2D eigenvalue weighted by molar-refractivity contribution is 5.78. The number of carbonyl (C=O) groups excluding carboxylic acids is 1. The van der Waals surface area contributed by atoms with Crippen molar-refractivity contribution in [3.63, 3.8) is 0 Å². The number of halogens is 1. The Morgan fingerprint density at radius 2 is 1.94 bits per heavy atom. The Bertz CT molecular complexity index is 1190. The molecule has 1 N–H and O–H groups in total. The van der Waals surface area contributed by atoms with Gasteiger partial charge in [-0.05, 0) is 30.5 Å². The van der Waals surface area contributed by atoms with Crippen LogP contribution in [0.5, 0.6) is 0 Å². The average molecular weight is 416 g/mol. The number of benzene rings is 2. The molecule has 0 aliphatic heterocycles. The van der Waals surface area contributed by atoms with E-state index in [1.807, 2.05) is 37.3 Å². The number of carbonyl (C=O) groups is 1. The molecule has 0 unspecified atom stereocenters. The average Bonchev–Trinajstić information content (AvgIpc) is 3.23. The number of rotatable bonds is 7. The van der Waals surface area contributed by atoms with Crippen LogP contribution in [0.25, 0.3) is 22.6 Å². The van der Waals surface area contributed by atoms with Crippen molar-refractivity contribution in [3.8, 4) is 22.6 Å². The molecule has 0 atom stereocenters. The van der Waals surface area contributed by atoms with Crippen LogP contribution in [0.2, 0.25) is 0 Å². The lowest BCUT2D eigenvalue weighted by atomic mass is 10.0. The van der Waals surface area contributed by atoms with Gasteiger partial charge in [0.2, 0.25) is 5.91 Å². The smallest absolute Gasteiger partial charge is 0.220 e. The summed E-state index contributed by atoms with van der Waals surface area (Å²) in [6, 6.07) is 16.1. The largest absolute Gasteiger partial charge is 0.356 e. The van der Waals surface area contributed by atoms with Crippen molar-refractivity contribution in [2.45, 2.75) is 26.3 Å². The summed E-state index contributed by atoms with van der Waals surface area (Å²) in [6.07, 6.45) is 3.80. The number of hydrogen-bond donors (Lipinski definition) is 1. The third-order valence-electron chi connectivity index (χ3n) is 4.90. The summed E-state index contributed by atoms with van der Waals surface area (Å²) in [5, 5.41) is 6.81. The maximum Gasteiger partial charge on any atom is 0.220 e. The lowest BCUT2D eigenvalue weighted by molar-refractivity contribution is -0.121. The molecule has 4 rings (SSSR count). The van der Waals surface area contributed by atoms with Crippen molar-refractivity contribution < 1.29 is 13.7 Å². The lowest BCUT2D eigenvalue weighted by Crippen LogP contribution is -2.23. The van der Waals surface area contributed by atoms with E-state index >= 15 is 0 Å². The van der Waals surface area contributed by atoms with Gasteiger partial charge in [0.05, 0.1) is 17.0 Å². The summed E-state index contributed by atoms with van der Waals surface area (Å²) in [7, 11) is 0. The number of nitrogens with one attached hydrogen (secondary N) is 1. The fraction of sp³-hybridized carbons (Fsp3) is 0.167. The van der Waals surface area contributed by atoms with Crippen LogP contribution in [0, 0.1) is 12.7 Å². The van der Waals surface area contributed by atoms with Crippen LogP contribution in [-0.4, -0.2) is 21.0 Å². The van der Waals surface area contributed by atoms with E-state index in [9.17, 15) is 9.18 Å². The Kier molecular flexibility index (Phi) is 6.12. The van der Waals surface area contributed by atoms with Crippen LogP contribution in [0.4, 0.5) is 4.39 Å². The van der Waals surface area contributed by atoms with Gasteiger partial charge in [-0.15, -0.1) is 0 Å².